The predicted octanol–water partition coefficient (Wildman–Crippen LogP) is 2.21. The van der Waals surface area contributed by atoms with Crippen molar-refractivity contribution in [3.63, 3.8) is 0 Å². The van der Waals surface area contributed by atoms with Crippen LogP contribution in [0.2, 0.25) is 0 Å². The highest BCUT2D eigenvalue weighted by molar-refractivity contribution is 5.80. The summed E-state index contributed by atoms with van der Waals surface area (Å²) in [6.07, 6.45) is 1.59. The van der Waals surface area contributed by atoms with E-state index in [4.69, 9.17) is 14.9 Å². The van der Waals surface area contributed by atoms with Gasteiger partial charge in [-0.15, -0.1) is 0 Å². The van der Waals surface area contributed by atoms with Gasteiger partial charge in [0.05, 0.1) is 19.5 Å². The molecule has 0 saturated carbocycles. The Labute approximate surface area is 100.0 Å². The first kappa shape index (κ1) is 12.0. The van der Waals surface area contributed by atoms with E-state index in [1.165, 1.54) is 0 Å². The molecular weight excluding hydrogens is 218 g/mol. The fourth-order valence-corrected chi connectivity index (χ4v) is 1.87. The third-order valence-electron chi connectivity index (χ3n) is 3.00. The van der Waals surface area contributed by atoms with Crippen molar-refractivity contribution in [3.05, 3.63) is 30.0 Å². The van der Waals surface area contributed by atoms with Crippen molar-refractivity contribution in [1.29, 1.82) is 0 Å². The van der Waals surface area contributed by atoms with Crippen molar-refractivity contribution < 1.29 is 14.3 Å². The first-order valence-corrected chi connectivity index (χ1v) is 5.66. The zero-order valence-corrected chi connectivity index (χ0v) is 10.0. The van der Waals surface area contributed by atoms with Crippen LogP contribution in [0.5, 0.6) is 5.75 Å². The largest absolute Gasteiger partial charge is 0.496 e. The van der Waals surface area contributed by atoms with Gasteiger partial charge in [0.15, 0.2) is 0 Å². The first-order chi connectivity index (χ1) is 8.17. The molecule has 2 unspecified atom stereocenters. The lowest BCUT2D eigenvalue weighted by Gasteiger charge is -2.19. The second-order valence-electron chi connectivity index (χ2n) is 4.07. The highest BCUT2D eigenvalue weighted by Gasteiger charge is 2.20. The van der Waals surface area contributed by atoms with Gasteiger partial charge >= 0.3 is 0 Å². The molecule has 1 aromatic carbocycles. The number of methoxy groups -OCH3 is 1. The summed E-state index contributed by atoms with van der Waals surface area (Å²) in [6.45, 7) is 1.94. The molecule has 0 amide bonds. The quantitative estimate of drug-likeness (QED) is 0.852. The monoisotopic (exact) mass is 235 g/mol. The van der Waals surface area contributed by atoms with E-state index in [-0.39, 0.29) is 6.04 Å². The number of furan rings is 1. The van der Waals surface area contributed by atoms with Crippen LogP contribution in [-0.2, 0) is 0 Å². The normalized spacial score (nSPS) is 14.8. The Morgan fingerprint density at radius 1 is 1.47 bits per heavy atom. The van der Waals surface area contributed by atoms with Gasteiger partial charge in [-0.25, -0.2) is 0 Å². The van der Waals surface area contributed by atoms with Crippen molar-refractivity contribution >= 4 is 11.0 Å². The van der Waals surface area contributed by atoms with E-state index in [1.54, 1.807) is 19.4 Å². The molecule has 3 N–H and O–H groups in total. The Morgan fingerprint density at radius 3 is 2.88 bits per heavy atom. The van der Waals surface area contributed by atoms with Gasteiger partial charge in [-0.2, -0.15) is 0 Å². The van der Waals surface area contributed by atoms with Crippen molar-refractivity contribution in [3.8, 4) is 5.75 Å². The molecule has 1 heterocycles. The second-order valence-corrected chi connectivity index (χ2v) is 4.07. The Balaban J connectivity index is 2.49. The summed E-state index contributed by atoms with van der Waals surface area (Å²) in [4.78, 5) is 0. The Kier molecular flexibility index (Phi) is 3.36. The predicted molar refractivity (Wildman–Crippen MR) is 66.0 cm³/mol. The molecule has 0 aliphatic carbocycles. The fourth-order valence-electron chi connectivity index (χ4n) is 1.87. The van der Waals surface area contributed by atoms with Gasteiger partial charge in [0.2, 0.25) is 0 Å². The van der Waals surface area contributed by atoms with E-state index in [0.29, 0.717) is 17.7 Å². The minimum Gasteiger partial charge on any atom is -0.496 e. The number of hydrogen-bond donors (Lipinski definition) is 2. The molecule has 0 radical (unpaired) electrons. The lowest BCUT2D eigenvalue weighted by Crippen LogP contribution is -2.27. The molecule has 2 atom stereocenters. The van der Waals surface area contributed by atoms with Gasteiger partial charge in [0, 0.05) is 23.1 Å². The molecule has 0 bridgehead atoms. The third-order valence-corrected chi connectivity index (χ3v) is 3.00. The Morgan fingerprint density at radius 2 is 2.24 bits per heavy atom. The van der Waals surface area contributed by atoms with Gasteiger partial charge in [-0.3, -0.25) is 0 Å². The summed E-state index contributed by atoms with van der Waals surface area (Å²) in [6, 6.07) is 5.18. The fraction of sp³-hybridized carbons (Fsp3) is 0.385. The summed E-state index contributed by atoms with van der Waals surface area (Å²) >= 11 is 0. The highest BCUT2D eigenvalue weighted by Crippen LogP contribution is 2.32. The molecule has 0 aliphatic rings. The average molecular weight is 235 g/mol. The van der Waals surface area contributed by atoms with E-state index < -0.39 is 6.10 Å². The van der Waals surface area contributed by atoms with Crippen LogP contribution in [0.25, 0.3) is 11.0 Å². The minimum atomic E-state index is -0.728. The first-order valence-electron chi connectivity index (χ1n) is 5.66. The summed E-state index contributed by atoms with van der Waals surface area (Å²) in [5.41, 5.74) is 7.31. The van der Waals surface area contributed by atoms with E-state index in [0.717, 1.165) is 11.0 Å². The van der Waals surface area contributed by atoms with E-state index in [9.17, 15) is 5.11 Å². The number of fused-ring (bicyclic) bond motifs is 1. The Bertz CT molecular complexity index is 506. The molecule has 0 fully saturated rings. The van der Waals surface area contributed by atoms with Gasteiger partial charge in [0.1, 0.15) is 11.3 Å². The molecule has 0 aliphatic heterocycles. The molecule has 0 saturated heterocycles. The molecule has 1 aromatic heterocycles. The van der Waals surface area contributed by atoms with E-state index in [2.05, 4.69) is 0 Å². The van der Waals surface area contributed by atoms with Crippen molar-refractivity contribution in [2.45, 2.75) is 25.5 Å². The maximum Gasteiger partial charge on any atom is 0.137 e. The number of rotatable bonds is 4. The third kappa shape index (κ3) is 2.14. The standard InChI is InChI=1S/C13H17NO3/c1-3-10(14)13(15)9-6-8-4-5-17-11(8)7-12(9)16-2/h4-7,10,13,15H,3,14H2,1-2H3. The molecule has 4 heteroatoms. The molecule has 92 valence electrons. The highest BCUT2D eigenvalue weighted by atomic mass is 16.5. The topological polar surface area (TPSA) is 68.6 Å². The van der Waals surface area contributed by atoms with Crippen molar-refractivity contribution in [1.82, 2.24) is 0 Å². The van der Waals surface area contributed by atoms with E-state index in [1.807, 2.05) is 19.1 Å². The SMILES string of the molecule is CCC(N)C(O)c1cc2ccoc2cc1OC. The van der Waals surface area contributed by atoms with Crippen molar-refractivity contribution in [2.24, 2.45) is 5.73 Å². The van der Waals surface area contributed by atoms with Crippen LogP contribution in [0.1, 0.15) is 25.0 Å². The average Bonchev–Trinajstić information content (AvgIpc) is 2.82. The van der Waals surface area contributed by atoms with Crippen molar-refractivity contribution in [2.75, 3.05) is 7.11 Å². The van der Waals surface area contributed by atoms with Crippen LogP contribution >= 0.6 is 0 Å². The zero-order chi connectivity index (χ0) is 12.4. The Hall–Kier alpha value is -1.52. The van der Waals surface area contributed by atoms with E-state index >= 15 is 0 Å². The second kappa shape index (κ2) is 4.77. The van der Waals surface area contributed by atoms with Crippen LogP contribution in [0, 0.1) is 0 Å². The number of aliphatic hydroxyl groups is 1. The molecule has 4 nitrogen and oxygen atoms in total. The van der Waals surface area contributed by atoms with Crippen LogP contribution < -0.4 is 10.5 Å². The van der Waals surface area contributed by atoms with Gasteiger partial charge in [0.25, 0.3) is 0 Å². The molecule has 2 aromatic rings. The summed E-state index contributed by atoms with van der Waals surface area (Å²) in [7, 11) is 1.57. The van der Waals surface area contributed by atoms with Gasteiger partial charge < -0.3 is 20.0 Å². The number of ether oxygens (including phenoxy) is 1. The minimum absolute atomic E-state index is 0.298. The summed E-state index contributed by atoms with van der Waals surface area (Å²) in [5, 5.41) is 11.1. The van der Waals surface area contributed by atoms with Gasteiger partial charge in [-0.05, 0) is 18.6 Å². The van der Waals surface area contributed by atoms with Crippen LogP contribution in [0.3, 0.4) is 0 Å². The van der Waals surface area contributed by atoms with Crippen LogP contribution in [0.15, 0.2) is 28.9 Å². The number of benzene rings is 1. The van der Waals surface area contributed by atoms with Crippen LogP contribution in [-0.4, -0.2) is 18.3 Å². The lowest BCUT2D eigenvalue weighted by atomic mass is 9.99. The summed E-state index contributed by atoms with van der Waals surface area (Å²) in [5.74, 6) is 0.601. The maximum absolute atomic E-state index is 10.2. The number of hydrogen-bond acceptors (Lipinski definition) is 4. The molecule has 0 spiro atoms. The summed E-state index contributed by atoms with van der Waals surface area (Å²) < 4.78 is 10.6. The zero-order valence-electron chi connectivity index (χ0n) is 10.0. The number of nitrogens with two attached hydrogens (primary N) is 1. The van der Waals surface area contributed by atoms with Gasteiger partial charge in [-0.1, -0.05) is 6.92 Å². The molecular formula is C13H17NO3. The number of aliphatic hydroxyl groups excluding tert-OH is 1. The molecule has 17 heavy (non-hydrogen) atoms. The lowest BCUT2D eigenvalue weighted by molar-refractivity contribution is 0.141. The smallest absolute Gasteiger partial charge is 0.137 e. The molecule has 2 rings (SSSR count). The van der Waals surface area contributed by atoms with Crippen LogP contribution in [0.4, 0.5) is 0 Å². The maximum atomic E-state index is 10.2.